The monoisotopic (exact) mass is 262 g/mol. The van der Waals surface area contributed by atoms with Crippen LogP contribution in [0.25, 0.3) is 11.1 Å². The Morgan fingerprint density at radius 2 is 1.37 bits per heavy atom. The van der Waals surface area contributed by atoms with Crippen LogP contribution in [-0.4, -0.2) is 37.6 Å². The van der Waals surface area contributed by atoms with Crippen LogP contribution in [0.2, 0.25) is 0 Å². The standard InChI is InChI=1S/C12H11BO6/c14-8-3-1-2-6(11(8)16)10-7(13(18)19)4-5-9(15)12(10)17/h1-5,14-19H. The molecule has 98 valence electrons. The van der Waals surface area contributed by atoms with Crippen molar-refractivity contribution in [2.24, 2.45) is 0 Å². The van der Waals surface area contributed by atoms with Crippen LogP contribution in [0.1, 0.15) is 0 Å². The normalized spacial score (nSPS) is 10.4. The van der Waals surface area contributed by atoms with Gasteiger partial charge in [0.15, 0.2) is 23.0 Å². The first-order chi connectivity index (χ1) is 8.93. The van der Waals surface area contributed by atoms with Crippen LogP contribution in [0, 0.1) is 0 Å². The highest BCUT2D eigenvalue weighted by molar-refractivity contribution is 6.60. The Morgan fingerprint density at radius 3 is 2.00 bits per heavy atom. The summed E-state index contributed by atoms with van der Waals surface area (Å²) in [7, 11) is -1.91. The minimum absolute atomic E-state index is 0.0310. The van der Waals surface area contributed by atoms with Crippen molar-refractivity contribution < 1.29 is 30.5 Å². The van der Waals surface area contributed by atoms with E-state index in [0.29, 0.717) is 0 Å². The third kappa shape index (κ3) is 2.16. The van der Waals surface area contributed by atoms with Crippen LogP contribution in [0.15, 0.2) is 30.3 Å². The van der Waals surface area contributed by atoms with Gasteiger partial charge >= 0.3 is 7.12 Å². The molecule has 2 aromatic rings. The fraction of sp³-hybridized carbons (Fsp3) is 0. The third-order valence-corrected chi connectivity index (χ3v) is 2.75. The van der Waals surface area contributed by atoms with Crippen molar-refractivity contribution in [3.8, 4) is 34.1 Å². The predicted octanol–water partition coefficient (Wildman–Crippen LogP) is -0.144. The molecular weight excluding hydrogens is 251 g/mol. The second-order valence-corrected chi connectivity index (χ2v) is 3.94. The number of aromatic hydroxyl groups is 4. The number of hydrogen-bond acceptors (Lipinski definition) is 6. The summed E-state index contributed by atoms with van der Waals surface area (Å²) in [5.74, 6) is -2.07. The first-order valence-corrected chi connectivity index (χ1v) is 5.35. The molecule has 2 rings (SSSR count). The molecule has 0 aliphatic rings. The van der Waals surface area contributed by atoms with Crippen molar-refractivity contribution >= 4 is 12.6 Å². The average Bonchev–Trinajstić information content (AvgIpc) is 2.36. The zero-order chi connectivity index (χ0) is 14.2. The number of phenols is 4. The van der Waals surface area contributed by atoms with E-state index in [1.165, 1.54) is 24.3 Å². The topological polar surface area (TPSA) is 121 Å². The lowest BCUT2D eigenvalue weighted by Crippen LogP contribution is -2.31. The molecule has 6 N–H and O–H groups in total. The highest BCUT2D eigenvalue weighted by Crippen LogP contribution is 2.42. The summed E-state index contributed by atoms with van der Waals surface area (Å²) >= 11 is 0. The third-order valence-electron chi connectivity index (χ3n) is 2.75. The van der Waals surface area contributed by atoms with Gasteiger partial charge in [0.2, 0.25) is 0 Å². The van der Waals surface area contributed by atoms with Crippen LogP contribution < -0.4 is 5.46 Å². The van der Waals surface area contributed by atoms with Crippen molar-refractivity contribution in [1.82, 2.24) is 0 Å². The number of rotatable bonds is 2. The fourth-order valence-electron chi connectivity index (χ4n) is 1.83. The van der Waals surface area contributed by atoms with E-state index in [1.54, 1.807) is 0 Å². The van der Waals surface area contributed by atoms with Crippen molar-refractivity contribution in [1.29, 1.82) is 0 Å². The van der Waals surface area contributed by atoms with E-state index in [0.717, 1.165) is 6.07 Å². The first-order valence-electron chi connectivity index (χ1n) is 5.35. The van der Waals surface area contributed by atoms with Crippen LogP contribution in [-0.2, 0) is 0 Å². The van der Waals surface area contributed by atoms with Gasteiger partial charge in [-0.2, -0.15) is 0 Å². The van der Waals surface area contributed by atoms with Gasteiger partial charge in [-0.3, -0.25) is 0 Å². The van der Waals surface area contributed by atoms with Gasteiger partial charge in [-0.1, -0.05) is 18.2 Å². The van der Waals surface area contributed by atoms with E-state index < -0.39 is 30.1 Å². The number of para-hydroxylation sites is 1. The van der Waals surface area contributed by atoms with Crippen LogP contribution in [0.3, 0.4) is 0 Å². The highest BCUT2D eigenvalue weighted by atomic mass is 16.4. The van der Waals surface area contributed by atoms with Crippen LogP contribution >= 0.6 is 0 Å². The Balaban J connectivity index is 2.80. The second kappa shape index (κ2) is 4.71. The molecule has 0 atom stereocenters. The minimum Gasteiger partial charge on any atom is -0.504 e. The van der Waals surface area contributed by atoms with Gasteiger partial charge in [-0.25, -0.2) is 0 Å². The Labute approximate surface area is 108 Å². The average molecular weight is 262 g/mol. The summed E-state index contributed by atoms with van der Waals surface area (Å²) in [6.07, 6.45) is 0. The first kappa shape index (κ1) is 13.1. The number of benzene rings is 2. The summed E-state index contributed by atoms with van der Waals surface area (Å²) < 4.78 is 0. The van der Waals surface area contributed by atoms with Crippen LogP contribution in [0.4, 0.5) is 0 Å². The van der Waals surface area contributed by atoms with E-state index in [9.17, 15) is 30.5 Å². The molecule has 0 aliphatic heterocycles. The molecule has 0 unspecified atom stereocenters. The quantitative estimate of drug-likeness (QED) is 0.331. The lowest BCUT2D eigenvalue weighted by molar-refractivity contribution is 0.399. The summed E-state index contributed by atoms with van der Waals surface area (Å²) in [5, 5.41) is 57.0. The molecule has 2 aromatic carbocycles. The van der Waals surface area contributed by atoms with E-state index in [4.69, 9.17) is 0 Å². The smallest absolute Gasteiger partial charge is 0.489 e. The molecule has 19 heavy (non-hydrogen) atoms. The maximum atomic E-state index is 9.83. The second-order valence-electron chi connectivity index (χ2n) is 3.94. The minimum atomic E-state index is -1.91. The molecular formula is C12H11BO6. The van der Waals surface area contributed by atoms with E-state index in [2.05, 4.69) is 0 Å². The predicted molar refractivity (Wildman–Crippen MR) is 68.4 cm³/mol. The molecule has 0 aliphatic carbocycles. The molecule has 0 fully saturated rings. The van der Waals surface area contributed by atoms with Gasteiger partial charge in [0, 0.05) is 11.1 Å². The van der Waals surface area contributed by atoms with Gasteiger partial charge < -0.3 is 30.5 Å². The fourth-order valence-corrected chi connectivity index (χ4v) is 1.83. The van der Waals surface area contributed by atoms with Crippen molar-refractivity contribution in [3.05, 3.63) is 30.3 Å². The molecule has 0 saturated heterocycles. The van der Waals surface area contributed by atoms with E-state index >= 15 is 0 Å². The SMILES string of the molecule is OB(O)c1ccc(O)c(O)c1-c1cccc(O)c1O. The molecule has 0 aromatic heterocycles. The summed E-state index contributed by atoms with van der Waals surface area (Å²) in [6.45, 7) is 0. The highest BCUT2D eigenvalue weighted by Gasteiger charge is 2.24. The molecule has 0 bridgehead atoms. The zero-order valence-corrected chi connectivity index (χ0v) is 9.65. The Hall–Kier alpha value is -2.38. The lowest BCUT2D eigenvalue weighted by Gasteiger charge is -2.14. The Morgan fingerprint density at radius 1 is 0.737 bits per heavy atom. The molecule has 0 spiro atoms. The lowest BCUT2D eigenvalue weighted by atomic mass is 9.75. The van der Waals surface area contributed by atoms with E-state index in [-0.39, 0.29) is 16.6 Å². The van der Waals surface area contributed by atoms with Crippen molar-refractivity contribution in [2.45, 2.75) is 0 Å². The van der Waals surface area contributed by atoms with Gasteiger partial charge in [-0.15, -0.1) is 0 Å². The van der Waals surface area contributed by atoms with Crippen molar-refractivity contribution in [2.75, 3.05) is 0 Å². The maximum absolute atomic E-state index is 9.83. The van der Waals surface area contributed by atoms with Gasteiger partial charge in [0.1, 0.15) is 0 Å². The largest absolute Gasteiger partial charge is 0.504 e. The van der Waals surface area contributed by atoms with Gasteiger partial charge in [0.25, 0.3) is 0 Å². The van der Waals surface area contributed by atoms with E-state index in [1.807, 2.05) is 0 Å². The van der Waals surface area contributed by atoms with Gasteiger partial charge in [-0.05, 0) is 17.6 Å². The molecule has 0 heterocycles. The summed E-state index contributed by atoms with van der Waals surface area (Å²) in [5.41, 5.74) is -0.309. The molecule has 0 saturated carbocycles. The number of phenolic OH excluding ortho intramolecular Hbond substituents is 4. The maximum Gasteiger partial charge on any atom is 0.489 e. The summed E-state index contributed by atoms with van der Waals surface area (Å²) in [4.78, 5) is 0. The molecule has 0 radical (unpaired) electrons. The van der Waals surface area contributed by atoms with Gasteiger partial charge in [0.05, 0.1) is 0 Å². The zero-order valence-electron chi connectivity index (χ0n) is 9.65. The number of hydrogen-bond donors (Lipinski definition) is 6. The molecule has 7 heteroatoms. The summed E-state index contributed by atoms with van der Waals surface area (Å²) in [6, 6.07) is 6.27. The molecule has 0 amide bonds. The van der Waals surface area contributed by atoms with Crippen LogP contribution in [0.5, 0.6) is 23.0 Å². The Bertz CT molecular complexity index is 626. The molecule has 6 nitrogen and oxygen atoms in total. The Kier molecular flexibility index (Phi) is 3.24. The van der Waals surface area contributed by atoms with Crippen molar-refractivity contribution in [3.63, 3.8) is 0 Å².